The van der Waals surface area contributed by atoms with Crippen LogP contribution in [-0.4, -0.2) is 17.6 Å². The van der Waals surface area contributed by atoms with Crippen molar-refractivity contribution in [3.05, 3.63) is 37.2 Å². The van der Waals surface area contributed by atoms with Crippen LogP contribution in [0.1, 0.15) is 13.0 Å². The second-order valence-electron chi connectivity index (χ2n) is 3.19. The van der Waals surface area contributed by atoms with Crippen LogP contribution in [0.3, 0.4) is 0 Å². The van der Waals surface area contributed by atoms with Gasteiger partial charge in [0, 0.05) is 18.3 Å². The molecule has 0 aromatic carbocycles. The van der Waals surface area contributed by atoms with E-state index in [0.29, 0.717) is 0 Å². The van der Waals surface area contributed by atoms with Crippen molar-refractivity contribution in [3.8, 4) is 0 Å². The molecule has 0 fully saturated rings. The average Bonchev–Trinajstić information content (AvgIpc) is 2.70. The minimum atomic E-state index is -0.313. The highest BCUT2D eigenvalue weighted by Crippen LogP contribution is 2.20. The molecule has 0 spiro atoms. The third-order valence-electron chi connectivity index (χ3n) is 2.26. The Kier molecular flexibility index (Phi) is 3.51. The second kappa shape index (κ2) is 4.65. The maximum atomic E-state index is 11.5. The Morgan fingerprint density at radius 3 is 2.50 bits per heavy atom. The van der Waals surface area contributed by atoms with E-state index >= 15 is 0 Å². The van der Waals surface area contributed by atoms with Gasteiger partial charge in [-0.1, -0.05) is 13.0 Å². The van der Waals surface area contributed by atoms with Crippen LogP contribution in [0.2, 0.25) is 0 Å². The summed E-state index contributed by atoms with van der Waals surface area (Å²) in [5.41, 5.74) is 0. The molecular weight excluding hydrogens is 178 g/mol. The molecule has 0 saturated carbocycles. The molecule has 0 saturated heterocycles. The largest absolute Gasteiger partial charge is 0.467 e. The Morgan fingerprint density at radius 2 is 2.07 bits per heavy atom. The zero-order valence-corrected chi connectivity index (χ0v) is 8.51. The van der Waals surface area contributed by atoms with E-state index in [4.69, 9.17) is 4.74 Å². The highest BCUT2D eigenvalue weighted by molar-refractivity contribution is 5.74. The second-order valence-corrected chi connectivity index (χ2v) is 3.19. The summed E-state index contributed by atoms with van der Waals surface area (Å²) in [7, 11) is 1.40. The van der Waals surface area contributed by atoms with Gasteiger partial charge in [-0.2, -0.15) is 0 Å². The predicted octanol–water partition coefficient (Wildman–Crippen LogP) is 2.02. The van der Waals surface area contributed by atoms with E-state index in [9.17, 15) is 4.79 Å². The number of ether oxygens (including phenoxy) is 1. The van der Waals surface area contributed by atoms with Crippen molar-refractivity contribution < 1.29 is 9.53 Å². The molecule has 0 radical (unpaired) electrons. The number of esters is 1. The summed E-state index contributed by atoms with van der Waals surface area (Å²) in [5, 5.41) is 0. The fraction of sp³-hybridized carbons (Fsp3) is 0.364. The van der Waals surface area contributed by atoms with Gasteiger partial charge >= 0.3 is 5.97 Å². The molecule has 0 aliphatic carbocycles. The number of carbonyl (C=O) groups is 1. The Hall–Kier alpha value is -1.51. The van der Waals surface area contributed by atoms with E-state index in [2.05, 4.69) is 6.58 Å². The number of rotatable bonds is 4. The van der Waals surface area contributed by atoms with Gasteiger partial charge in [0.05, 0.1) is 7.11 Å². The van der Waals surface area contributed by atoms with E-state index in [1.54, 1.807) is 6.08 Å². The van der Waals surface area contributed by atoms with E-state index in [-0.39, 0.29) is 17.9 Å². The van der Waals surface area contributed by atoms with Crippen LogP contribution < -0.4 is 0 Å². The average molecular weight is 193 g/mol. The summed E-state index contributed by atoms with van der Waals surface area (Å²) in [6.45, 7) is 5.63. The Morgan fingerprint density at radius 1 is 1.50 bits per heavy atom. The van der Waals surface area contributed by atoms with Gasteiger partial charge in [-0.25, -0.2) is 4.79 Å². The van der Waals surface area contributed by atoms with Crippen LogP contribution in [0.25, 0.3) is 0 Å². The fourth-order valence-corrected chi connectivity index (χ4v) is 1.39. The van der Waals surface area contributed by atoms with Gasteiger partial charge in [-0.05, 0) is 12.1 Å². The van der Waals surface area contributed by atoms with E-state index in [1.807, 2.05) is 36.0 Å². The molecule has 0 bridgehead atoms. The van der Waals surface area contributed by atoms with E-state index in [1.165, 1.54) is 7.11 Å². The Labute approximate surface area is 84.0 Å². The molecule has 3 heteroatoms. The van der Waals surface area contributed by atoms with Crippen molar-refractivity contribution >= 4 is 5.97 Å². The molecule has 76 valence electrons. The van der Waals surface area contributed by atoms with Crippen LogP contribution in [0.5, 0.6) is 0 Å². The maximum Gasteiger partial charge on any atom is 0.329 e. The maximum absolute atomic E-state index is 11.5. The first kappa shape index (κ1) is 10.6. The first-order valence-electron chi connectivity index (χ1n) is 4.53. The number of nitrogens with zero attached hydrogens (tertiary/aromatic N) is 1. The van der Waals surface area contributed by atoms with Crippen LogP contribution in [-0.2, 0) is 9.53 Å². The van der Waals surface area contributed by atoms with Gasteiger partial charge in [-0.3, -0.25) is 0 Å². The predicted molar refractivity (Wildman–Crippen MR) is 54.8 cm³/mol. The van der Waals surface area contributed by atoms with Crippen LogP contribution in [0, 0.1) is 5.92 Å². The van der Waals surface area contributed by atoms with Crippen LogP contribution in [0.15, 0.2) is 37.2 Å². The van der Waals surface area contributed by atoms with Crippen molar-refractivity contribution in [2.45, 2.75) is 13.0 Å². The highest BCUT2D eigenvalue weighted by atomic mass is 16.5. The molecule has 1 rings (SSSR count). The summed E-state index contributed by atoms with van der Waals surface area (Å²) in [5.74, 6) is -0.191. The quantitative estimate of drug-likeness (QED) is 0.541. The number of aromatic nitrogens is 1. The van der Waals surface area contributed by atoms with Crippen molar-refractivity contribution in [2.24, 2.45) is 5.92 Å². The van der Waals surface area contributed by atoms with Crippen LogP contribution >= 0.6 is 0 Å². The Bertz CT molecular complexity index is 303. The lowest BCUT2D eigenvalue weighted by atomic mass is 10.0. The normalized spacial score (nSPS) is 14.4. The van der Waals surface area contributed by atoms with Gasteiger partial charge in [0.25, 0.3) is 0 Å². The summed E-state index contributed by atoms with van der Waals surface area (Å²) in [4.78, 5) is 11.5. The summed E-state index contributed by atoms with van der Waals surface area (Å²) >= 11 is 0. The molecule has 3 nitrogen and oxygen atoms in total. The first-order chi connectivity index (χ1) is 6.70. The van der Waals surface area contributed by atoms with Gasteiger partial charge in [0.15, 0.2) is 0 Å². The molecular formula is C11H15NO2. The standard InChI is InChI=1S/C11H15NO2/c1-4-9(2)10(11(13)14-3)12-7-5-6-8-12/h4-10H,1H2,2-3H3/t9-,10+/m1/s1. The van der Waals surface area contributed by atoms with Gasteiger partial charge in [0.2, 0.25) is 0 Å². The minimum Gasteiger partial charge on any atom is -0.467 e. The Balaban J connectivity index is 2.93. The molecule has 0 aliphatic heterocycles. The number of methoxy groups -OCH3 is 1. The van der Waals surface area contributed by atoms with Crippen molar-refractivity contribution in [2.75, 3.05) is 7.11 Å². The molecule has 2 atom stereocenters. The third kappa shape index (κ3) is 2.05. The lowest BCUT2D eigenvalue weighted by molar-refractivity contribution is -0.145. The zero-order chi connectivity index (χ0) is 10.6. The number of allylic oxidation sites excluding steroid dienone is 1. The molecule has 0 amide bonds. The molecule has 0 aliphatic rings. The lowest BCUT2D eigenvalue weighted by Gasteiger charge is -2.20. The van der Waals surface area contributed by atoms with Gasteiger partial charge < -0.3 is 9.30 Å². The molecule has 14 heavy (non-hydrogen) atoms. The molecule has 0 unspecified atom stereocenters. The molecule has 1 aromatic rings. The highest BCUT2D eigenvalue weighted by Gasteiger charge is 2.24. The van der Waals surface area contributed by atoms with E-state index in [0.717, 1.165) is 0 Å². The summed E-state index contributed by atoms with van der Waals surface area (Å²) in [6.07, 6.45) is 5.45. The minimum absolute atomic E-state index is 0.0508. The van der Waals surface area contributed by atoms with Crippen molar-refractivity contribution in [1.29, 1.82) is 0 Å². The molecule has 1 aromatic heterocycles. The summed E-state index contributed by atoms with van der Waals surface area (Å²) < 4.78 is 6.58. The number of carbonyl (C=O) groups excluding carboxylic acids is 1. The van der Waals surface area contributed by atoms with Gasteiger partial charge in [0.1, 0.15) is 6.04 Å². The van der Waals surface area contributed by atoms with Crippen molar-refractivity contribution in [1.82, 2.24) is 4.57 Å². The van der Waals surface area contributed by atoms with Crippen molar-refractivity contribution in [3.63, 3.8) is 0 Å². The van der Waals surface area contributed by atoms with Crippen LogP contribution in [0.4, 0.5) is 0 Å². The summed E-state index contributed by atoms with van der Waals surface area (Å²) in [6, 6.07) is 3.45. The SMILES string of the molecule is C=C[C@@H](C)[C@@H](C(=O)OC)n1cccc1. The van der Waals surface area contributed by atoms with Gasteiger partial charge in [-0.15, -0.1) is 6.58 Å². The number of hydrogen-bond acceptors (Lipinski definition) is 2. The third-order valence-corrected chi connectivity index (χ3v) is 2.26. The molecule has 1 heterocycles. The zero-order valence-electron chi connectivity index (χ0n) is 8.51. The first-order valence-corrected chi connectivity index (χ1v) is 4.53. The van der Waals surface area contributed by atoms with E-state index < -0.39 is 0 Å². The monoisotopic (exact) mass is 193 g/mol. The topological polar surface area (TPSA) is 31.2 Å². The fourth-order valence-electron chi connectivity index (χ4n) is 1.39. The number of hydrogen-bond donors (Lipinski definition) is 0. The lowest BCUT2D eigenvalue weighted by Crippen LogP contribution is -2.25. The smallest absolute Gasteiger partial charge is 0.329 e. The molecule has 0 N–H and O–H groups in total.